The average molecular weight is 474 g/mol. The van der Waals surface area contributed by atoms with Gasteiger partial charge in [0, 0.05) is 54.2 Å². The van der Waals surface area contributed by atoms with Gasteiger partial charge < -0.3 is 20.9 Å². The number of aromatic nitrogens is 2. The highest BCUT2D eigenvalue weighted by Gasteiger charge is 2.13. The molecule has 3 heterocycles. The lowest BCUT2D eigenvalue weighted by Gasteiger charge is -2.13. The van der Waals surface area contributed by atoms with Crippen LogP contribution < -0.4 is 16.2 Å². The molecule has 5 N–H and O–H groups in total. The first-order valence-electron chi connectivity index (χ1n) is 10.1. The molecule has 168 valence electrons. The summed E-state index contributed by atoms with van der Waals surface area (Å²) in [4.78, 5) is 8.02. The molecule has 0 radical (unpaired) electrons. The van der Waals surface area contributed by atoms with Crippen LogP contribution in [0.3, 0.4) is 0 Å². The summed E-state index contributed by atoms with van der Waals surface area (Å²) >= 11 is 12.2. The highest BCUT2D eigenvalue weighted by Crippen LogP contribution is 2.27. The number of ether oxygens (including phenoxy) is 2. The van der Waals surface area contributed by atoms with Crippen LogP contribution in [0.5, 0.6) is 5.75 Å². The van der Waals surface area contributed by atoms with Crippen molar-refractivity contribution in [3.63, 3.8) is 0 Å². The average Bonchev–Trinajstić information content (AvgIpc) is 3.36. The van der Waals surface area contributed by atoms with Gasteiger partial charge in [-0.15, -0.1) is 0 Å². The Bertz CT molecular complexity index is 1080. The molecule has 0 aliphatic carbocycles. The number of anilines is 2. The number of nitrogens with zero attached hydrogens (tertiary/aromatic N) is 2. The molecule has 4 rings (SSSR count). The second kappa shape index (κ2) is 11.1. The summed E-state index contributed by atoms with van der Waals surface area (Å²) in [5, 5.41) is 9.32. The van der Waals surface area contributed by atoms with E-state index in [0.717, 1.165) is 18.8 Å². The van der Waals surface area contributed by atoms with Gasteiger partial charge in [-0.1, -0.05) is 23.2 Å². The maximum atomic E-state index is 8.47. The van der Waals surface area contributed by atoms with Crippen LogP contribution >= 0.6 is 23.2 Å². The normalized spacial score (nSPS) is 12.7. The zero-order chi connectivity index (χ0) is 23.1. The van der Waals surface area contributed by atoms with Crippen LogP contribution in [0.1, 0.15) is 35.1 Å². The summed E-state index contributed by atoms with van der Waals surface area (Å²) in [7, 11) is 0. The van der Waals surface area contributed by atoms with Crippen molar-refractivity contribution < 1.29 is 9.47 Å². The molecule has 2 aromatic heterocycles. The van der Waals surface area contributed by atoms with E-state index in [1.54, 1.807) is 30.5 Å². The molecule has 1 fully saturated rings. The Kier molecular flexibility index (Phi) is 8.27. The van der Waals surface area contributed by atoms with E-state index in [1.807, 2.05) is 6.92 Å². The molecule has 9 heteroatoms. The quantitative estimate of drug-likeness (QED) is 0.352. The second-order valence-corrected chi connectivity index (χ2v) is 8.05. The van der Waals surface area contributed by atoms with Gasteiger partial charge in [-0.05, 0) is 49.6 Å². The summed E-state index contributed by atoms with van der Waals surface area (Å²) in [6.07, 6.45) is 7.12. The number of halogens is 2. The van der Waals surface area contributed by atoms with Crippen molar-refractivity contribution >= 4 is 40.4 Å². The smallest absolute Gasteiger partial charge is 0.126 e. The summed E-state index contributed by atoms with van der Waals surface area (Å²) in [6, 6.07) is 6.91. The fourth-order valence-corrected chi connectivity index (χ4v) is 3.43. The third kappa shape index (κ3) is 6.09. The SMILES string of the molecule is C1CCOC1.Cc1cc(C(=N)c2cc(OCc3c(Cl)cncc3Cl)ccc2N)cnc1N. The minimum absolute atomic E-state index is 0.166. The molecule has 1 aromatic carbocycles. The monoisotopic (exact) mass is 473 g/mol. The maximum Gasteiger partial charge on any atom is 0.126 e. The molecule has 0 saturated carbocycles. The Hall–Kier alpha value is -2.87. The van der Waals surface area contributed by atoms with E-state index in [4.69, 9.17) is 49.6 Å². The number of pyridine rings is 2. The Labute approximate surface area is 197 Å². The van der Waals surface area contributed by atoms with E-state index < -0.39 is 0 Å². The predicted molar refractivity (Wildman–Crippen MR) is 129 cm³/mol. The highest BCUT2D eigenvalue weighted by atomic mass is 35.5. The molecule has 0 bridgehead atoms. The van der Waals surface area contributed by atoms with Crippen molar-refractivity contribution in [2.75, 3.05) is 24.7 Å². The first-order valence-corrected chi connectivity index (χ1v) is 10.8. The minimum atomic E-state index is 0.166. The summed E-state index contributed by atoms with van der Waals surface area (Å²) in [6.45, 7) is 4.00. The van der Waals surface area contributed by atoms with Crippen molar-refractivity contribution in [2.24, 2.45) is 0 Å². The fourth-order valence-electron chi connectivity index (χ4n) is 2.96. The third-order valence-electron chi connectivity index (χ3n) is 4.86. The number of rotatable bonds is 5. The van der Waals surface area contributed by atoms with Gasteiger partial charge in [0.25, 0.3) is 0 Å². The third-order valence-corrected chi connectivity index (χ3v) is 5.52. The molecule has 1 aliphatic heterocycles. The lowest BCUT2D eigenvalue weighted by atomic mass is 10.0. The van der Waals surface area contributed by atoms with Crippen molar-refractivity contribution in [3.05, 3.63) is 75.2 Å². The first kappa shape index (κ1) is 23.8. The number of hydrogen-bond donors (Lipinski definition) is 3. The number of benzene rings is 1. The van der Waals surface area contributed by atoms with Gasteiger partial charge in [0.1, 0.15) is 18.2 Å². The Balaban J connectivity index is 0.000000509. The molecule has 7 nitrogen and oxygen atoms in total. The van der Waals surface area contributed by atoms with Gasteiger partial charge in [-0.25, -0.2) is 4.98 Å². The summed E-state index contributed by atoms with van der Waals surface area (Å²) in [5.41, 5.74) is 15.1. The van der Waals surface area contributed by atoms with Crippen LogP contribution in [-0.2, 0) is 11.3 Å². The first-order chi connectivity index (χ1) is 15.4. The molecular formula is C23H25Cl2N5O2. The summed E-state index contributed by atoms with van der Waals surface area (Å²) < 4.78 is 10.7. The lowest BCUT2D eigenvalue weighted by Crippen LogP contribution is -2.08. The van der Waals surface area contributed by atoms with E-state index in [1.165, 1.54) is 25.2 Å². The van der Waals surface area contributed by atoms with Crippen molar-refractivity contribution in [1.29, 1.82) is 5.41 Å². The van der Waals surface area contributed by atoms with Gasteiger partial charge in [0.15, 0.2) is 0 Å². The fraction of sp³-hybridized carbons (Fsp3) is 0.261. The molecule has 3 aromatic rings. The van der Waals surface area contributed by atoms with Crippen LogP contribution in [0.25, 0.3) is 0 Å². The summed E-state index contributed by atoms with van der Waals surface area (Å²) in [5.74, 6) is 0.968. The maximum absolute atomic E-state index is 8.47. The Morgan fingerprint density at radius 1 is 1.09 bits per heavy atom. The van der Waals surface area contributed by atoms with Crippen molar-refractivity contribution in [3.8, 4) is 5.75 Å². The van der Waals surface area contributed by atoms with Crippen molar-refractivity contribution in [1.82, 2.24) is 9.97 Å². The van der Waals surface area contributed by atoms with E-state index >= 15 is 0 Å². The zero-order valence-electron chi connectivity index (χ0n) is 17.7. The zero-order valence-corrected chi connectivity index (χ0v) is 19.2. The largest absolute Gasteiger partial charge is 0.489 e. The second-order valence-electron chi connectivity index (χ2n) is 7.24. The number of nitrogens with one attached hydrogen (secondary N) is 1. The standard InChI is InChI=1S/C19H17Cl2N5O.C4H8O/c1-10-4-11(6-26-19(10)24)18(23)13-5-12(2-3-17(13)22)27-9-14-15(20)7-25-8-16(14)21;1-2-4-5-3-1/h2-8,23H,9,22H2,1H3,(H2,24,26);1-4H2. The van der Waals surface area contributed by atoms with Gasteiger partial charge in [-0.2, -0.15) is 0 Å². The lowest BCUT2D eigenvalue weighted by molar-refractivity contribution is 0.198. The van der Waals surface area contributed by atoms with E-state index in [-0.39, 0.29) is 12.3 Å². The van der Waals surface area contributed by atoms with Gasteiger partial charge in [-0.3, -0.25) is 10.4 Å². The van der Waals surface area contributed by atoms with Gasteiger partial charge in [0.05, 0.1) is 15.8 Å². The molecule has 0 unspecified atom stereocenters. The molecular weight excluding hydrogens is 449 g/mol. The molecule has 0 atom stereocenters. The number of hydrogen-bond acceptors (Lipinski definition) is 7. The van der Waals surface area contributed by atoms with Gasteiger partial charge >= 0.3 is 0 Å². The van der Waals surface area contributed by atoms with Crippen LogP contribution in [-0.4, -0.2) is 28.9 Å². The topological polar surface area (TPSA) is 120 Å². The number of nitrogens with two attached hydrogens (primary N) is 2. The van der Waals surface area contributed by atoms with Crippen LogP contribution in [0.15, 0.2) is 42.9 Å². The number of nitrogen functional groups attached to an aromatic ring is 2. The van der Waals surface area contributed by atoms with Crippen molar-refractivity contribution in [2.45, 2.75) is 26.4 Å². The van der Waals surface area contributed by atoms with Crippen LogP contribution in [0, 0.1) is 12.3 Å². The van der Waals surface area contributed by atoms with E-state index in [0.29, 0.717) is 44.0 Å². The van der Waals surface area contributed by atoms with E-state index in [2.05, 4.69) is 9.97 Å². The highest BCUT2D eigenvalue weighted by molar-refractivity contribution is 6.35. The molecule has 0 spiro atoms. The molecule has 32 heavy (non-hydrogen) atoms. The van der Waals surface area contributed by atoms with Gasteiger partial charge in [0.2, 0.25) is 0 Å². The number of aryl methyl sites for hydroxylation is 1. The van der Waals surface area contributed by atoms with Crippen LogP contribution in [0.2, 0.25) is 10.0 Å². The van der Waals surface area contributed by atoms with Crippen LogP contribution in [0.4, 0.5) is 11.5 Å². The molecule has 0 amide bonds. The Morgan fingerprint density at radius 3 is 2.38 bits per heavy atom. The molecule has 1 aliphatic rings. The van der Waals surface area contributed by atoms with E-state index in [9.17, 15) is 0 Å². The predicted octanol–water partition coefficient (Wildman–Crippen LogP) is 5.05. The molecule has 1 saturated heterocycles. The minimum Gasteiger partial charge on any atom is -0.489 e. The Morgan fingerprint density at radius 2 is 1.78 bits per heavy atom.